The molecule has 0 radical (unpaired) electrons. The van der Waals surface area contributed by atoms with E-state index in [1.807, 2.05) is 17.0 Å². The van der Waals surface area contributed by atoms with Gasteiger partial charge in [0.15, 0.2) is 5.78 Å². The summed E-state index contributed by atoms with van der Waals surface area (Å²) in [5.41, 5.74) is 6.76. The summed E-state index contributed by atoms with van der Waals surface area (Å²) in [5.74, 6) is 2.79. The molecule has 1 heterocycles. The number of nitrogens with zero attached hydrogens (tertiary/aromatic N) is 3. The average molecular weight is 399 g/mol. The lowest BCUT2D eigenvalue weighted by atomic mass is 9.50. The predicted octanol–water partition coefficient (Wildman–Crippen LogP) is 2.96. The third-order valence-corrected chi connectivity index (χ3v) is 9.01. The molecule has 158 valence electrons. The summed E-state index contributed by atoms with van der Waals surface area (Å²) in [4.78, 5) is 11.9. The molecule has 29 heavy (non-hydrogen) atoms. The normalized spacial score (nSPS) is 41.5. The number of hydrogen-bond acceptors (Lipinski definition) is 5. The summed E-state index contributed by atoms with van der Waals surface area (Å²) in [5, 5.41) is 20.6. The molecule has 6 nitrogen and oxygen atoms in total. The first-order valence-electron chi connectivity index (χ1n) is 11.5. The molecular formula is C23H34N4O2. The molecule has 0 aliphatic heterocycles. The summed E-state index contributed by atoms with van der Waals surface area (Å²) in [6.07, 6.45) is 12.8. The number of aryl methyl sites for hydroxylation is 1. The number of ketones is 1. The van der Waals surface area contributed by atoms with Crippen LogP contribution in [-0.4, -0.2) is 32.4 Å². The lowest BCUT2D eigenvalue weighted by Gasteiger charge is -2.55. The van der Waals surface area contributed by atoms with Crippen LogP contribution in [0.3, 0.4) is 0 Å². The maximum atomic E-state index is 11.9. The van der Waals surface area contributed by atoms with Crippen LogP contribution in [-0.2, 0) is 16.9 Å². The van der Waals surface area contributed by atoms with Crippen LogP contribution in [0.15, 0.2) is 17.8 Å². The Balaban J connectivity index is 1.41. The van der Waals surface area contributed by atoms with Crippen molar-refractivity contribution in [2.75, 3.05) is 6.54 Å². The van der Waals surface area contributed by atoms with Crippen LogP contribution in [0.1, 0.15) is 70.4 Å². The van der Waals surface area contributed by atoms with Crippen LogP contribution in [0, 0.1) is 29.1 Å². The van der Waals surface area contributed by atoms with Gasteiger partial charge in [0.05, 0.1) is 6.20 Å². The fourth-order valence-corrected chi connectivity index (χ4v) is 7.47. The van der Waals surface area contributed by atoms with Crippen molar-refractivity contribution in [1.82, 2.24) is 15.0 Å². The molecule has 4 aliphatic rings. The molecule has 6 atom stereocenters. The van der Waals surface area contributed by atoms with Gasteiger partial charge in [0, 0.05) is 18.4 Å². The Labute approximate surface area is 172 Å². The van der Waals surface area contributed by atoms with Gasteiger partial charge in [-0.2, -0.15) is 0 Å². The van der Waals surface area contributed by atoms with E-state index in [0.29, 0.717) is 36.0 Å². The average Bonchev–Trinajstić information content (AvgIpc) is 3.29. The summed E-state index contributed by atoms with van der Waals surface area (Å²) in [7, 11) is 0. The van der Waals surface area contributed by atoms with E-state index in [0.717, 1.165) is 63.6 Å². The number of aromatic nitrogens is 3. The Morgan fingerprint density at radius 2 is 2.07 bits per heavy atom. The number of rotatable bonds is 4. The summed E-state index contributed by atoms with van der Waals surface area (Å²) >= 11 is 0. The third kappa shape index (κ3) is 2.86. The van der Waals surface area contributed by atoms with Gasteiger partial charge in [0.1, 0.15) is 11.3 Å². The minimum atomic E-state index is -0.887. The van der Waals surface area contributed by atoms with Gasteiger partial charge < -0.3 is 10.8 Å². The molecule has 0 bridgehead atoms. The highest BCUT2D eigenvalue weighted by Gasteiger charge is 2.63. The molecule has 0 spiro atoms. The number of carbonyl (C=O) groups excluding carboxylic acids is 1. The molecule has 3 N–H and O–H groups in total. The van der Waals surface area contributed by atoms with Crippen molar-refractivity contribution in [2.45, 2.75) is 76.9 Å². The van der Waals surface area contributed by atoms with Gasteiger partial charge in [-0.3, -0.25) is 9.48 Å². The van der Waals surface area contributed by atoms with Crippen molar-refractivity contribution in [3.63, 3.8) is 0 Å². The fourth-order valence-electron chi connectivity index (χ4n) is 7.47. The van der Waals surface area contributed by atoms with E-state index >= 15 is 0 Å². The van der Waals surface area contributed by atoms with Crippen LogP contribution in [0.4, 0.5) is 0 Å². The van der Waals surface area contributed by atoms with Gasteiger partial charge in [-0.1, -0.05) is 17.7 Å². The van der Waals surface area contributed by atoms with Crippen molar-refractivity contribution in [3.8, 4) is 0 Å². The second-order valence-electron chi connectivity index (χ2n) is 10.2. The van der Waals surface area contributed by atoms with Crippen molar-refractivity contribution < 1.29 is 9.90 Å². The quantitative estimate of drug-likeness (QED) is 0.813. The Bertz CT molecular complexity index is 833. The summed E-state index contributed by atoms with van der Waals surface area (Å²) < 4.78 is 1.83. The van der Waals surface area contributed by atoms with Gasteiger partial charge in [0.25, 0.3) is 0 Å². The highest BCUT2D eigenvalue weighted by Crippen LogP contribution is 2.67. The summed E-state index contributed by atoms with van der Waals surface area (Å²) in [6, 6.07) is 0. The third-order valence-electron chi connectivity index (χ3n) is 9.01. The molecule has 4 unspecified atom stereocenters. The zero-order chi connectivity index (χ0) is 20.2. The fraction of sp³-hybridized carbons (Fsp3) is 0.783. The number of allylic oxidation sites excluding steroid dienone is 1. The van der Waals surface area contributed by atoms with Gasteiger partial charge >= 0.3 is 0 Å². The van der Waals surface area contributed by atoms with Crippen molar-refractivity contribution >= 4 is 5.78 Å². The van der Waals surface area contributed by atoms with Crippen molar-refractivity contribution in [2.24, 2.45) is 34.8 Å². The van der Waals surface area contributed by atoms with Gasteiger partial charge in [-0.05, 0) is 87.7 Å². The largest absolute Gasteiger partial charge is 0.383 e. The molecule has 3 fully saturated rings. The molecule has 5 rings (SSSR count). The molecular weight excluding hydrogens is 364 g/mol. The topological polar surface area (TPSA) is 94.0 Å². The van der Waals surface area contributed by atoms with E-state index in [1.165, 1.54) is 12.0 Å². The zero-order valence-corrected chi connectivity index (χ0v) is 17.5. The van der Waals surface area contributed by atoms with Crippen LogP contribution < -0.4 is 5.73 Å². The maximum Gasteiger partial charge on any atom is 0.155 e. The number of aliphatic hydroxyl groups is 1. The van der Waals surface area contributed by atoms with Gasteiger partial charge in [-0.15, -0.1) is 5.10 Å². The minimum Gasteiger partial charge on any atom is -0.383 e. The van der Waals surface area contributed by atoms with Gasteiger partial charge in [-0.25, -0.2) is 0 Å². The van der Waals surface area contributed by atoms with Crippen molar-refractivity contribution in [1.29, 1.82) is 0 Å². The van der Waals surface area contributed by atoms with E-state index in [2.05, 4.69) is 17.2 Å². The highest BCUT2D eigenvalue weighted by molar-refractivity contribution is 5.91. The predicted molar refractivity (Wildman–Crippen MR) is 110 cm³/mol. The number of hydrogen-bond donors (Lipinski definition) is 2. The van der Waals surface area contributed by atoms with E-state index in [9.17, 15) is 9.90 Å². The number of nitrogens with two attached hydrogens (primary N) is 1. The lowest BCUT2D eigenvalue weighted by Crippen LogP contribution is -2.51. The maximum absolute atomic E-state index is 11.9. The molecule has 1 aromatic heterocycles. The van der Waals surface area contributed by atoms with E-state index in [-0.39, 0.29) is 5.41 Å². The van der Waals surface area contributed by atoms with Gasteiger partial charge in [0.2, 0.25) is 0 Å². The standard InChI is InChI=1S/C23H34N4O2/c1-22-9-7-18-17-6-4-16(28)13-15(17)3-5-19(18)20(22)8-10-23(22,29)21-14-27(26-25-21)12-2-11-24/h13-14,17-20,29H,2-12,24H2,1H3/t17?,18?,19?,20?,22-,23+/m0/s1. The van der Waals surface area contributed by atoms with Crippen LogP contribution in [0.2, 0.25) is 0 Å². The first kappa shape index (κ1) is 19.4. The molecule has 3 saturated carbocycles. The Morgan fingerprint density at radius 3 is 2.90 bits per heavy atom. The first-order chi connectivity index (χ1) is 14.0. The second kappa shape index (κ2) is 7.02. The SMILES string of the molecule is C[C@]12CCC3C4CCC(=O)C=C4CCC3C1CC[C@@]2(O)c1cn(CCCN)nn1. The molecule has 4 aliphatic carbocycles. The molecule has 6 heteroatoms. The monoisotopic (exact) mass is 398 g/mol. The Kier molecular flexibility index (Phi) is 4.70. The smallest absolute Gasteiger partial charge is 0.155 e. The highest BCUT2D eigenvalue weighted by atomic mass is 16.3. The molecule has 0 aromatic carbocycles. The lowest BCUT2D eigenvalue weighted by molar-refractivity contribution is -0.126. The second-order valence-corrected chi connectivity index (χ2v) is 10.2. The Morgan fingerprint density at radius 1 is 1.21 bits per heavy atom. The van der Waals surface area contributed by atoms with E-state index in [1.54, 1.807) is 0 Å². The Hall–Kier alpha value is -1.53. The van der Waals surface area contributed by atoms with E-state index < -0.39 is 5.60 Å². The van der Waals surface area contributed by atoms with Crippen LogP contribution in [0.5, 0.6) is 0 Å². The molecule has 0 saturated heterocycles. The van der Waals surface area contributed by atoms with Crippen LogP contribution in [0.25, 0.3) is 0 Å². The van der Waals surface area contributed by atoms with Crippen LogP contribution >= 0.6 is 0 Å². The minimum absolute atomic E-state index is 0.144. The molecule has 1 aromatic rings. The summed E-state index contributed by atoms with van der Waals surface area (Å²) in [6.45, 7) is 3.68. The van der Waals surface area contributed by atoms with Crippen molar-refractivity contribution in [3.05, 3.63) is 23.5 Å². The first-order valence-corrected chi connectivity index (χ1v) is 11.5. The number of fused-ring (bicyclic) bond motifs is 5. The van der Waals surface area contributed by atoms with E-state index in [4.69, 9.17) is 5.73 Å². The number of carbonyl (C=O) groups is 1. The zero-order valence-electron chi connectivity index (χ0n) is 17.5. The molecule has 0 amide bonds.